The van der Waals surface area contributed by atoms with Crippen molar-refractivity contribution in [1.82, 2.24) is 4.90 Å². The van der Waals surface area contributed by atoms with E-state index >= 15 is 0 Å². The molecule has 0 radical (unpaired) electrons. The molecule has 0 fully saturated rings. The first kappa shape index (κ1) is 12.8. The Morgan fingerprint density at radius 3 is 2.38 bits per heavy atom. The predicted molar refractivity (Wildman–Crippen MR) is 53.8 cm³/mol. The molecule has 0 aromatic carbocycles. The Morgan fingerprint density at radius 1 is 1.31 bits per heavy atom. The molecule has 0 bridgehead atoms. The third-order valence-electron chi connectivity index (χ3n) is 1.90. The van der Waals surface area contributed by atoms with E-state index in [1.54, 1.807) is 14.2 Å². The molecule has 80 valence electrons. The molecule has 0 aliphatic carbocycles. The van der Waals surface area contributed by atoms with Gasteiger partial charge in [-0.3, -0.25) is 0 Å². The normalized spacial score (nSPS) is 16.2. The summed E-state index contributed by atoms with van der Waals surface area (Å²) in [7, 11) is 5.41. The average molecular weight is 190 g/mol. The van der Waals surface area contributed by atoms with Crippen molar-refractivity contribution in [2.24, 2.45) is 5.73 Å². The largest absolute Gasteiger partial charge is 0.383 e. The standard InChI is InChI=1S/C9H22N2O2/c1-8(13-4)5-11(2)6-9(10)7-12-3/h8-9H,5-7,10H2,1-4H3. The number of methoxy groups -OCH3 is 2. The third kappa shape index (κ3) is 6.95. The van der Waals surface area contributed by atoms with E-state index in [0.29, 0.717) is 6.61 Å². The highest BCUT2D eigenvalue weighted by Gasteiger charge is 2.09. The number of hydrogen-bond acceptors (Lipinski definition) is 4. The van der Waals surface area contributed by atoms with Crippen LogP contribution in [0.3, 0.4) is 0 Å². The SMILES string of the molecule is COCC(N)CN(C)CC(C)OC. The maximum Gasteiger partial charge on any atom is 0.0670 e. The molecule has 2 atom stereocenters. The molecule has 0 saturated heterocycles. The van der Waals surface area contributed by atoms with E-state index < -0.39 is 0 Å². The van der Waals surface area contributed by atoms with Crippen LogP contribution < -0.4 is 5.73 Å². The lowest BCUT2D eigenvalue weighted by Gasteiger charge is -2.23. The first-order valence-electron chi connectivity index (χ1n) is 4.56. The van der Waals surface area contributed by atoms with Crippen LogP contribution in [-0.2, 0) is 9.47 Å². The van der Waals surface area contributed by atoms with Crippen molar-refractivity contribution in [3.63, 3.8) is 0 Å². The molecule has 13 heavy (non-hydrogen) atoms. The molecule has 2 N–H and O–H groups in total. The molecule has 4 heteroatoms. The van der Waals surface area contributed by atoms with Crippen LogP contribution in [-0.4, -0.2) is 58.0 Å². The molecule has 0 aromatic heterocycles. The van der Waals surface area contributed by atoms with Gasteiger partial charge in [0.25, 0.3) is 0 Å². The minimum Gasteiger partial charge on any atom is -0.383 e. The minimum atomic E-state index is 0.0825. The molecule has 0 aromatic rings. The lowest BCUT2D eigenvalue weighted by Crippen LogP contribution is -2.41. The summed E-state index contributed by atoms with van der Waals surface area (Å²) in [4.78, 5) is 2.15. The first-order chi connectivity index (χ1) is 6.10. The lowest BCUT2D eigenvalue weighted by atomic mass is 10.3. The highest BCUT2D eigenvalue weighted by Crippen LogP contribution is 1.93. The Labute approximate surface area is 81.0 Å². The van der Waals surface area contributed by atoms with Gasteiger partial charge in [0, 0.05) is 33.4 Å². The summed E-state index contributed by atoms with van der Waals surface area (Å²) in [6, 6.07) is 0.0825. The van der Waals surface area contributed by atoms with Crippen molar-refractivity contribution in [3.05, 3.63) is 0 Å². The summed E-state index contributed by atoms with van der Waals surface area (Å²) in [5.74, 6) is 0. The number of likely N-dealkylation sites (N-methyl/N-ethyl adjacent to an activating group) is 1. The number of ether oxygens (including phenoxy) is 2. The van der Waals surface area contributed by atoms with Crippen LogP contribution in [0.5, 0.6) is 0 Å². The average Bonchev–Trinajstić information content (AvgIpc) is 2.04. The Balaban J connectivity index is 3.54. The van der Waals surface area contributed by atoms with Gasteiger partial charge >= 0.3 is 0 Å². The van der Waals surface area contributed by atoms with Crippen LogP contribution in [0.15, 0.2) is 0 Å². The highest BCUT2D eigenvalue weighted by atomic mass is 16.5. The van der Waals surface area contributed by atoms with Crippen LogP contribution >= 0.6 is 0 Å². The second-order valence-corrected chi connectivity index (χ2v) is 3.48. The van der Waals surface area contributed by atoms with E-state index in [2.05, 4.69) is 4.90 Å². The summed E-state index contributed by atoms with van der Waals surface area (Å²) < 4.78 is 10.1. The van der Waals surface area contributed by atoms with Gasteiger partial charge in [0.1, 0.15) is 0 Å². The van der Waals surface area contributed by atoms with Crippen molar-refractivity contribution < 1.29 is 9.47 Å². The number of nitrogens with two attached hydrogens (primary N) is 1. The van der Waals surface area contributed by atoms with Gasteiger partial charge in [0.2, 0.25) is 0 Å². The van der Waals surface area contributed by atoms with Crippen LogP contribution in [0.4, 0.5) is 0 Å². The summed E-state index contributed by atoms with van der Waals surface area (Å²) in [6.45, 7) is 4.37. The monoisotopic (exact) mass is 190 g/mol. The van der Waals surface area contributed by atoms with Gasteiger partial charge in [-0.2, -0.15) is 0 Å². The van der Waals surface area contributed by atoms with Crippen LogP contribution in [0.1, 0.15) is 6.92 Å². The fraction of sp³-hybridized carbons (Fsp3) is 1.00. The quantitative estimate of drug-likeness (QED) is 0.610. The summed E-state index contributed by atoms with van der Waals surface area (Å²) >= 11 is 0. The molecule has 0 spiro atoms. The van der Waals surface area contributed by atoms with Gasteiger partial charge in [0.05, 0.1) is 12.7 Å². The Hall–Kier alpha value is -0.160. The van der Waals surface area contributed by atoms with Gasteiger partial charge in [-0.15, -0.1) is 0 Å². The molecule has 4 nitrogen and oxygen atoms in total. The third-order valence-corrected chi connectivity index (χ3v) is 1.90. The Morgan fingerprint density at radius 2 is 1.92 bits per heavy atom. The zero-order valence-electron chi connectivity index (χ0n) is 9.12. The second kappa shape index (κ2) is 7.26. The summed E-state index contributed by atoms with van der Waals surface area (Å²) in [6.07, 6.45) is 0.250. The molecule has 0 saturated carbocycles. The van der Waals surface area contributed by atoms with Crippen molar-refractivity contribution in [1.29, 1.82) is 0 Å². The van der Waals surface area contributed by atoms with Crippen LogP contribution in [0, 0.1) is 0 Å². The van der Waals surface area contributed by atoms with Crippen LogP contribution in [0.2, 0.25) is 0 Å². The highest BCUT2D eigenvalue weighted by molar-refractivity contribution is 4.66. The van der Waals surface area contributed by atoms with E-state index in [9.17, 15) is 0 Å². The van der Waals surface area contributed by atoms with Crippen LogP contribution in [0.25, 0.3) is 0 Å². The predicted octanol–water partition coefficient (Wildman–Crippen LogP) is -0.0732. The summed E-state index contributed by atoms with van der Waals surface area (Å²) in [5, 5.41) is 0. The van der Waals surface area contributed by atoms with Gasteiger partial charge in [-0.05, 0) is 14.0 Å². The first-order valence-corrected chi connectivity index (χ1v) is 4.56. The van der Waals surface area contributed by atoms with Crippen molar-refractivity contribution >= 4 is 0 Å². The molecule has 0 aliphatic heterocycles. The zero-order valence-corrected chi connectivity index (χ0v) is 9.12. The summed E-state index contributed by atoms with van der Waals surface area (Å²) in [5.41, 5.74) is 5.79. The van der Waals surface area contributed by atoms with E-state index in [4.69, 9.17) is 15.2 Å². The maximum absolute atomic E-state index is 5.79. The molecule has 0 rings (SSSR count). The van der Waals surface area contributed by atoms with Gasteiger partial charge in [0.15, 0.2) is 0 Å². The second-order valence-electron chi connectivity index (χ2n) is 3.48. The Bertz CT molecular complexity index is 122. The van der Waals surface area contributed by atoms with Crippen molar-refractivity contribution in [3.8, 4) is 0 Å². The van der Waals surface area contributed by atoms with E-state index in [1.807, 2.05) is 14.0 Å². The smallest absolute Gasteiger partial charge is 0.0670 e. The van der Waals surface area contributed by atoms with Crippen molar-refractivity contribution in [2.75, 3.05) is 41.0 Å². The minimum absolute atomic E-state index is 0.0825. The van der Waals surface area contributed by atoms with Crippen molar-refractivity contribution in [2.45, 2.75) is 19.1 Å². The molecule has 0 amide bonds. The number of hydrogen-bond donors (Lipinski definition) is 1. The van der Waals surface area contributed by atoms with E-state index in [-0.39, 0.29) is 12.1 Å². The maximum atomic E-state index is 5.79. The van der Waals surface area contributed by atoms with E-state index in [0.717, 1.165) is 13.1 Å². The molecular weight excluding hydrogens is 168 g/mol. The zero-order chi connectivity index (χ0) is 10.3. The molecule has 0 aliphatic rings. The fourth-order valence-electron chi connectivity index (χ4n) is 1.26. The topological polar surface area (TPSA) is 47.7 Å². The molecular formula is C9H22N2O2. The van der Waals surface area contributed by atoms with Gasteiger partial charge < -0.3 is 20.1 Å². The number of nitrogens with zero attached hydrogens (tertiary/aromatic N) is 1. The molecule has 2 unspecified atom stereocenters. The van der Waals surface area contributed by atoms with Gasteiger partial charge in [-0.25, -0.2) is 0 Å². The number of rotatable bonds is 7. The molecule has 0 heterocycles. The van der Waals surface area contributed by atoms with Gasteiger partial charge in [-0.1, -0.05) is 0 Å². The fourth-order valence-corrected chi connectivity index (χ4v) is 1.26. The van der Waals surface area contributed by atoms with E-state index in [1.165, 1.54) is 0 Å². The Kier molecular flexibility index (Phi) is 7.17. The lowest BCUT2D eigenvalue weighted by molar-refractivity contribution is 0.0788.